The molecule has 1 aliphatic heterocycles. The van der Waals surface area contributed by atoms with Crippen molar-refractivity contribution >= 4 is 23.8 Å². The Morgan fingerprint density at radius 1 is 1.10 bits per heavy atom. The number of hydrogen-bond donors (Lipinski definition) is 1. The van der Waals surface area contributed by atoms with Gasteiger partial charge in [-0.2, -0.15) is 13.2 Å². The first-order chi connectivity index (χ1) is 14.8. The van der Waals surface area contributed by atoms with Gasteiger partial charge in [0.2, 0.25) is 0 Å². The van der Waals surface area contributed by atoms with Gasteiger partial charge in [0.25, 0.3) is 5.56 Å². The number of pyridine rings is 1. The molecule has 1 N–H and O–H groups in total. The van der Waals surface area contributed by atoms with Gasteiger partial charge in [-0.3, -0.25) is 14.4 Å². The van der Waals surface area contributed by atoms with Gasteiger partial charge in [0, 0.05) is 17.3 Å². The van der Waals surface area contributed by atoms with E-state index in [2.05, 4.69) is 10.3 Å². The van der Waals surface area contributed by atoms with Crippen LogP contribution in [-0.4, -0.2) is 29.6 Å². The van der Waals surface area contributed by atoms with Crippen LogP contribution >= 0.6 is 11.8 Å². The largest absolute Gasteiger partial charge is 0.497 e. The standard InChI is InChI=1S/C22H18F3N3O2S/c1-30-17-9-3-13(4-10-17)18-11-14-12-26-21(31-2)27-19(14)28(20(18)29)16-7-5-15(6-8-16)22(23,24)25/h3-12,21,27H,1-2H3. The van der Waals surface area contributed by atoms with Crippen LogP contribution in [0.3, 0.4) is 0 Å². The van der Waals surface area contributed by atoms with Crippen molar-refractivity contribution in [3.05, 3.63) is 76.1 Å². The minimum absolute atomic E-state index is 0.306. The van der Waals surface area contributed by atoms with Crippen LogP contribution in [0, 0.1) is 0 Å². The number of methoxy groups -OCH3 is 1. The Kier molecular flexibility index (Phi) is 5.53. The number of aromatic nitrogens is 1. The first kappa shape index (κ1) is 21.0. The smallest absolute Gasteiger partial charge is 0.416 e. The van der Waals surface area contributed by atoms with Gasteiger partial charge in [-0.1, -0.05) is 12.1 Å². The van der Waals surface area contributed by atoms with E-state index in [0.717, 1.165) is 12.1 Å². The number of nitrogens with zero attached hydrogens (tertiary/aromatic N) is 2. The van der Waals surface area contributed by atoms with E-state index in [0.29, 0.717) is 33.9 Å². The molecule has 1 aliphatic rings. The predicted molar refractivity (Wildman–Crippen MR) is 118 cm³/mol. The summed E-state index contributed by atoms with van der Waals surface area (Å²) >= 11 is 1.44. The van der Waals surface area contributed by atoms with Gasteiger partial charge in [-0.05, 0) is 54.3 Å². The van der Waals surface area contributed by atoms with Crippen molar-refractivity contribution in [2.45, 2.75) is 11.7 Å². The third kappa shape index (κ3) is 4.05. The van der Waals surface area contributed by atoms with Gasteiger partial charge in [-0.25, -0.2) is 0 Å². The Morgan fingerprint density at radius 2 is 1.77 bits per heavy atom. The average Bonchev–Trinajstić information content (AvgIpc) is 2.78. The number of aliphatic imine (C=N–C) groups is 1. The highest BCUT2D eigenvalue weighted by atomic mass is 32.2. The molecule has 2 heterocycles. The van der Waals surface area contributed by atoms with Crippen LogP contribution in [0.15, 0.2) is 64.4 Å². The highest BCUT2D eigenvalue weighted by Gasteiger charge is 2.30. The fourth-order valence-electron chi connectivity index (χ4n) is 3.33. The molecule has 0 amide bonds. The maximum absolute atomic E-state index is 13.5. The number of nitrogens with one attached hydrogen (secondary N) is 1. The molecule has 2 aromatic carbocycles. The number of alkyl halides is 3. The maximum Gasteiger partial charge on any atom is 0.416 e. The van der Waals surface area contributed by atoms with E-state index in [9.17, 15) is 18.0 Å². The third-order valence-electron chi connectivity index (χ3n) is 4.92. The van der Waals surface area contributed by atoms with E-state index < -0.39 is 11.7 Å². The monoisotopic (exact) mass is 445 g/mol. The van der Waals surface area contributed by atoms with Gasteiger partial charge in [0.1, 0.15) is 11.6 Å². The predicted octanol–water partition coefficient (Wildman–Crippen LogP) is 5.02. The first-order valence-electron chi connectivity index (χ1n) is 9.26. The number of hydrogen-bond acceptors (Lipinski definition) is 5. The van der Waals surface area contributed by atoms with Crippen LogP contribution in [0.1, 0.15) is 11.1 Å². The van der Waals surface area contributed by atoms with Crippen molar-refractivity contribution in [1.82, 2.24) is 4.57 Å². The Labute approximate surface area is 180 Å². The highest BCUT2D eigenvalue weighted by Crippen LogP contribution is 2.32. The third-order valence-corrected chi connectivity index (χ3v) is 5.60. The molecular weight excluding hydrogens is 427 g/mol. The van der Waals surface area contributed by atoms with Gasteiger partial charge in [0.15, 0.2) is 5.50 Å². The van der Waals surface area contributed by atoms with E-state index in [1.165, 1.54) is 28.5 Å². The van der Waals surface area contributed by atoms with Gasteiger partial charge in [0.05, 0.1) is 18.4 Å². The molecule has 1 atom stereocenters. The van der Waals surface area contributed by atoms with Crippen LogP contribution in [0.25, 0.3) is 16.8 Å². The Balaban J connectivity index is 1.92. The zero-order chi connectivity index (χ0) is 22.2. The molecule has 1 unspecified atom stereocenters. The van der Waals surface area contributed by atoms with E-state index in [4.69, 9.17) is 4.74 Å². The summed E-state index contributed by atoms with van der Waals surface area (Å²) in [5, 5.41) is 3.18. The lowest BCUT2D eigenvalue weighted by Gasteiger charge is -2.25. The number of halogens is 3. The van der Waals surface area contributed by atoms with Crippen molar-refractivity contribution in [2.24, 2.45) is 4.99 Å². The minimum Gasteiger partial charge on any atom is -0.497 e. The van der Waals surface area contributed by atoms with Crippen LogP contribution in [0.2, 0.25) is 0 Å². The molecule has 0 aliphatic carbocycles. The summed E-state index contributed by atoms with van der Waals surface area (Å²) in [4.78, 5) is 17.9. The normalized spacial score (nSPS) is 15.3. The van der Waals surface area contributed by atoms with Crippen LogP contribution in [0.4, 0.5) is 19.0 Å². The molecule has 31 heavy (non-hydrogen) atoms. The molecule has 3 aromatic rings. The molecular formula is C22H18F3N3O2S. The molecule has 160 valence electrons. The second kappa shape index (κ2) is 8.14. The lowest BCUT2D eigenvalue weighted by atomic mass is 10.0. The zero-order valence-corrected chi connectivity index (χ0v) is 17.4. The molecule has 0 spiro atoms. The van der Waals surface area contributed by atoms with Crippen LogP contribution in [-0.2, 0) is 6.18 Å². The summed E-state index contributed by atoms with van der Waals surface area (Å²) in [5.74, 6) is 1.13. The SMILES string of the molecule is COc1ccc(-c2cc3c(n(-c4ccc(C(F)(F)F)cc4)c2=O)NC(SC)N=C3)cc1. The Bertz CT molecular complexity index is 1190. The fourth-order valence-corrected chi connectivity index (χ4v) is 3.74. The second-order valence-electron chi connectivity index (χ2n) is 6.79. The Morgan fingerprint density at radius 3 is 2.35 bits per heavy atom. The summed E-state index contributed by atoms with van der Waals surface area (Å²) in [7, 11) is 1.55. The summed E-state index contributed by atoms with van der Waals surface area (Å²) in [6.45, 7) is 0. The van der Waals surface area contributed by atoms with Crippen molar-refractivity contribution in [3.63, 3.8) is 0 Å². The molecule has 0 bridgehead atoms. The summed E-state index contributed by atoms with van der Waals surface area (Å²) in [5.41, 5.74) is 0.612. The Hall–Kier alpha value is -3.20. The summed E-state index contributed by atoms with van der Waals surface area (Å²) < 4.78 is 45.6. The van der Waals surface area contributed by atoms with Gasteiger partial charge >= 0.3 is 6.18 Å². The second-order valence-corrected chi connectivity index (χ2v) is 7.70. The fraction of sp³-hybridized carbons (Fsp3) is 0.182. The number of thioether (sulfide) groups is 1. The van der Waals surface area contributed by atoms with Crippen molar-refractivity contribution < 1.29 is 17.9 Å². The number of rotatable bonds is 4. The van der Waals surface area contributed by atoms with E-state index in [-0.39, 0.29) is 11.1 Å². The summed E-state index contributed by atoms with van der Waals surface area (Å²) in [6, 6.07) is 13.3. The van der Waals surface area contributed by atoms with E-state index in [1.807, 2.05) is 6.26 Å². The molecule has 1 aromatic heterocycles. The molecule has 0 radical (unpaired) electrons. The first-order valence-corrected chi connectivity index (χ1v) is 10.5. The van der Waals surface area contributed by atoms with Crippen LogP contribution in [0.5, 0.6) is 5.75 Å². The van der Waals surface area contributed by atoms with E-state index in [1.54, 1.807) is 43.7 Å². The molecule has 5 nitrogen and oxygen atoms in total. The van der Waals surface area contributed by atoms with Gasteiger partial charge < -0.3 is 10.1 Å². The lowest BCUT2D eigenvalue weighted by Crippen LogP contribution is -2.29. The molecule has 4 rings (SSSR count). The highest BCUT2D eigenvalue weighted by molar-refractivity contribution is 7.99. The van der Waals surface area contributed by atoms with Gasteiger partial charge in [-0.15, -0.1) is 11.8 Å². The summed E-state index contributed by atoms with van der Waals surface area (Å²) in [6.07, 6.45) is -0.922. The number of ether oxygens (including phenoxy) is 1. The minimum atomic E-state index is -4.46. The van der Waals surface area contributed by atoms with Crippen molar-refractivity contribution in [3.8, 4) is 22.6 Å². The topological polar surface area (TPSA) is 55.6 Å². The average molecular weight is 445 g/mol. The number of fused-ring (bicyclic) bond motifs is 1. The van der Waals surface area contributed by atoms with E-state index >= 15 is 0 Å². The number of anilines is 1. The molecule has 9 heteroatoms. The zero-order valence-electron chi connectivity index (χ0n) is 16.6. The maximum atomic E-state index is 13.5. The van der Waals surface area contributed by atoms with Crippen molar-refractivity contribution in [1.29, 1.82) is 0 Å². The van der Waals surface area contributed by atoms with Crippen molar-refractivity contribution in [2.75, 3.05) is 18.7 Å². The molecule has 0 fully saturated rings. The van der Waals surface area contributed by atoms with Crippen LogP contribution < -0.4 is 15.6 Å². The molecule has 0 saturated heterocycles. The quantitative estimate of drug-likeness (QED) is 0.613. The lowest BCUT2D eigenvalue weighted by molar-refractivity contribution is -0.137. The number of benzene rings is 2. The molecule has 0 saturated carbocycles.